The van der Waals surface area contributed by atoms with Crippen molar-refractivity contribution < 1.29 is 14.3 Å². The van der Waals surface area contributed by atoms with E-state index in [9.17, 15) is 9.59 Å². The molecule has 17 heavy (non-hydrogen) atoms. The van der Waals surface area contributed by atoms with Crippen LogP contribution < -0.4 is 10.2 Å². The summed E-state index contributed by atoms with van der Waals surface area (Å²) in [5, 5.41) is 2.46. The van der Waals surface area contributed by atoms with Crippen molar-refractivity contribution in [1.82, 2.24) is 10.3 Å². The van der Waals surface area contributed by atoms with Crippen LogP contribution in [0.25, 0.3) is 0 Å². The third-order valence-electron chi connectivity index (χ3n) is 2.04. The summed E-state index contributed by atoms with van der Waals surface area (Å²) in [4.78, 5) is 27.9. The van der Waals surface area contributed by atoms with Crippen molar-refractivity contribution in [3.8, 4) is 0 Å². The number of hydrogen-bond acceptors (Lipinski definition) is 4. The van der Waals surface area contributed by atoms with Gasteiger partial charge in [-0.3, -0.25) is 14.7 Å². The molecule has 0 spiro atoms. The third-order valence-corrected chi connectivity index (χ3v) is 2.04. The van der Waals surface area contributed by atoms with Gasteiger partial charge in [0.1, 0.15) is 6.54 Å². The Morgan fingerprint density at radius 3 is 2.65 bits per heavy atom. The minimum atomic E-state index is -0.455. The van der Waals surface area contributed by atoms with Gasteiger partial charge < -0.3 is 10.1 Å². The maximum atomic E-state index is 11.6. The highest BCUT2D eigenvalue weighted by molar-refractivity contribution is 5.93. The van der Waals surface area contributed by atoms with Crippen LogP contribution in [0.5, 0.6) is 0 Å². The van der Waals surface area contributed by atoms with Crippen LogP contribution in [0.15, 0.2) is 24.5 Å². The molecule has 0 aliphatic heterocycles. The second kappa shape index (κ2) is 6.47. The molecule has 1 aromatic rings. The second-order valence-electron chi connectivity index (χ2n) is 3.23. The highest BCUT2D eigenvalue weighted by Gasteiger charge is 2.11. The zero-order valence-corrected chi connectivity index (χ0v) is 9.84. The number of nitrogens with one attached hydrogen (secondary N) is 1. The number of rotatable bonds is 4. The Balaban J connectivity index is 2.45. The summed E-state index contributed by atoms with van der Waals surface area (Å²) in [5.74, 6) is -0.455. The summed E-state index contributed by atoms with van der Waals surface area (Å²) in [6, 6.07) is 3.03. The average molecular weight is 237 g/mol. The molecule has 0 aromatic carbocycles. The SMILES string of the molecule is CCOC(=O)CNC(=O)N(C)c1ccncc1. The lowest BCUT2D eigenvalue weighted by atomic mass is 10.4. The van der Waals surface area contributed by atoms with Crippen molar-refractivity contribution >= 4 is 17.7 Å². The van der Waals surface area contributed by atoms with Gasteiger partial charge in [-0.05, 0) is 19.1 Å². The van der Waals surface area contributed by atoms with Gasteiger partial charge in [-0.25, -0.2) is 4.79 Å². The second-order valence-corrected chi connectivity index (χ2v) is 3.23. The molecule has 0 fully saturated rings. The third kappa shape index (κ3) is 4.10. The van der Waals surface area contributed by atoms with Gasteiger partial charge >= 0.3 is 12.0 Å². The fraction of sp³-hybridized carbons (Fsp3) is 0.364. The molecule has 1 N–H and O–H groups in total. The van der Waals surface area contributed by atoms with E-state index in [0.717, 1.165) is 0 Å². The molecule has 0 aliphatic rings. The molecule has 0 unspecified atom stereocenters. The van der Waals surface area contributed by atoms with Gasteiger partial charge in [0.2, 0.25) is 0 Å². The number of carbonyl (C=O) groups excluding carboxylic acids is 2. The molecular formula is C11H15N3O3. The minimum Gasteiger partial charge on any atom is -0.465 e. The molecule has 1 heterocycles. The van der Waals surface area contributed by atoms with Crippen molar-refractivity contribution in [1.29, 1.82) is 0 Å². The summed E-state index contributed by atoms with van der Waals surface area (Å²) in [7, 11) is 1.61. The summed E-state index contributed by atoms with van der Waals surface area (Å²) in [5.41, 5.74) is 0.696. The first kappa shape index (κ1) is 13.0. The Hall–Kier alpha value is -2.11. The Morgan fingerprint density at radius 1 is 1.41 bits per heavy atom. The molecule has 0 atom stereocenters. The molecule has 0 saturated heterocycles. The van der Waals surface area contributed by atoms with E-state index in [1.165, 1.54) is 4.90 Å². The minimum absolute atomic E-state index is 0.137. The smallest absolute Gasteiger partial charge is 0.325 e. The topological polar surface area (TPSA) is 71.5 Å². The molecule has 0 radical (unpaired) electrons. The fourth-order valence-corrected chi connectivity index (χ4v) is 1.16. The molecule has 1 aromatic heterocycles. The quantitative estimate of drug-likeness (QED) is 0.786. The summed E-state index contributed by atoms with van der Waals surface area (Å²) in [6.07, 6.45) is 3.18. The first-order valence-electron chi connectivity index (χ1n) is 5.22. The normalized spacial score (nSPS) is 9.53. The van der Waals surface area contributed by atoms with E-state index in [4.69, 9.17) is 4.74 Å². The highest BCUT2D eigenvalue weighted by Crippen LogP contribution is 2.09. The summed E-state index contributed by atoms with van der Waals surface area (Å²) >= 11 is 0. The Bertz CT molecular complexity index is 381. The Labute approximate surface area is 99.6 Å². The number of ether oxygens (including phenoxy) is 1. The standard InChI is InChI=1S/C11H15N3O3/c1-3-17-10(15)8-13-11(16)14(2)9-4-6-12-7-5-9/h4-7H,3,8H2,1-2H3,(H,13,16). The van der Waals surface area contributed by atoms with Gasteiger partial charge in [-0.1, -0.05) is 0 Å². The fourth-order valence-electron chi connectivity index (χ4n) is 1.16. The van der Waals surface area contributed by atoms with E-state index < -0.39 is 5.97 Å². The number of pyridine rings is 1. The number of urea groups is 1. The zero-order valence-electron chi connectivity index (χ0n) is 9.84. The van der Waals surface area contributed by atoms with Gasteiger partial charge in [0.25, 0.3) is 0 Å². The van der Waals surface area contributed by atoms with Crippen molar-refractivity contribution in [2.24, 2.45) is 0 Å². The molecule has 1 rings (SSSR count). The van der Waals surface area contributed by atoms with Crippen LogP contribution in [-0.2, 0) is 9.53 Å². The largest absolute Gasteiger partial charge is 0.465 e. The molecular weight excluding hydrogens is 222 g/mol. The number of carbonyl (C=O) groups is 2. The molecule has 0 saturated carbocycles. The summed E-state index contributed by atoms with van der Waals surface area (Å²) in [6.45, 7) is 1.87. The summed E-state index contributed by atoms with van der Waals surface area (Å²) < 4.78 is 4.70. The predicted molar refractivity (Wildman–Crippen MR) is 62.7 cm³/mol. The lowest BCUT2D eigenvalue weighted by molar-refractivity contribution is -0.141. The monoisotopic (exact) mass is 237 g/mol. The van der Waals surface area contributed by atoms with Crippen LogP contribution in [0.1, 0.15) is 6.92 Å². The lowest BCUT2D eigenvalue weighted by Gasteiger charge is -2.17. The maximum Gasteiger partial charge on any atom is 0.325 e. The average Bonchev–Trinajstić information content (AvgIpc) is 2.36. The van der Waals surface area contributed by atoms with E-state index in [1.54, 1.807) is 38.5 Å². The number of hydrogen-bond donors (Lipinski definition) is 1. The van der Waals surface area contributed by atoms with Crippen molar-refractivity contribution in [2.75, 3.05) is 25.1 Å². The van der Waals surface area contributed by atoms with Gasteiger partial charge in [0.05, 0.1) is 6.61 Å². The van der Waals surface area contributed by atoms with Crippen molar-refractivity contribution in [3.63, 3.8) is 0 Å². The molecule has 0 aliphatic carbocycles. The molecule has 92 valence electrons. The van der Waals surface area contributed by atoms with Gasteiger partial charge in [0.15, 0.2) is 0 Å². The number of amides is 2. The highest BCUT2D eigenvalue weighted by atomic mass is 16.5. The van der Waals surface area contributed by atoms with Crippen LogP contribution in [-0.4, -0.2) is 37.2 Å². The van der Waals surface area contributed by atoms with E-state index >= 15 is 0 Å². The molecule has 0 bridgehead atoms. The van der Waals surface area contributed by atoms with Gasteiger partial charge in [-0.2, -0.15) is 0 Å². The van der Waals surface area contributed by atoms with Gasteiger partial charge in [-0.15, -0.1) is 0 Å². The van der Waals surface area contributed by atoms with Crippen LogP contribution in [0.2, 0.25) is 0 Å². The molecule has 6 nitrogen and oxygen atoms in total. The predicted octanol–water partition coefficient (Wildman–Crippen LogP) is 0.790. The lowest BCUT2D eigenvalue weighted by Crippen LogP contribution is -2.40. The van der Waals surface area contributed by atoms with Crippen LogP contribution in [0, 0.1) is 0 Å². The number of nitrogens with zero attached hydrogens (tertiary/aromatic N) is 2. The maximum absolute atomic E-state index is 11.6. The van der Waals surface area contributed by atoms with E-state index in [0.29, 0.717) is 12.3 Å². The number of esters is 1. The first-order chi connectivity index (χ1) is 8.15. The van der Waals surface area contributed by atoms with Crippen molar-refractivity contribution in [3.05, 3.63) is 24.5 Å². The van der Waals surface area contributed by atoms with Crippen LogP contribution in [0.3, 0.4) is 0 Å². The van der Waals surface area contributed by atoms with E-state index in [2.05, 4.69) is 10.3 Å². The Kier molecular flexibility index (Phi) is 4.93. The molecule has 6 heteroatoms. The molecule has 2 amide bonds. The van der Waals surface area contributed by atoms with Gasteiger partial charge in [0, 0.05) is 25.1 Å². The Morgan fingerprint density at radius 2 is 2.06 bits per heavy atom. The van der Waals surface area contributed by atoms with Crippen LogP contribution in [0.4, 0.5) is 10.5 Å². The van der Waals surface area contributed by atoms with E-state index in [1.807, 2.05) is 0 Å². The van der Waals surface area contributed by atoms with Crippen LogP contribution >= 0.6 is 0 Å². The van der Waals surface area contributed by atoms with E-state index in [-0.39, 0.29) is 12.6 Å². The number of aromatic nitrogens is 1. The first-order valence-corrected chi connectivity index (χ1v) is 5.22. The van der Waals surface area contributed by atoms with Crippen molar-refractivity contribution in [2.45, 2.75) is 6.92 Å². The zero-order chi connectivity index (χ0) is 12.7. The number of anilines is 1.